The average Bonchev–Trinajstić information content (AvgIpc) is 3.17. The second kappa shape index (κ2) is 9.49. The number of nitrogens with zero attached hydrogens (tertiary/aromatic N) is 2. The molecule has 5 rings (SSSR count). The van der Waals surface area contributed by atoms with E-state index in [9.17, 15) is 4.79 Å². The molecule has 170 valence electrons. The van der Waals surface area contributed by atoms with Crippen LogP contribution in [0, 0.1) is 0 Å². The van der Waals surface area contributed by atoms with Crippen molar-refractivity contribution >= 4 is 66.3 Å². The van der Waals surface area contributed by atoms with E-state index in [1.165, 1.54) is 20.2 Å². The summed E-state index contributed by atoms with van der Waals surface area (Å²) in [6.07, 6.45) is 0. The van der Waals surface area contributed by atoms with Crippen molar-refractivity contribution in [2.45, 2.75) is 6.04 Å². The zero-order valence-electron chi connectivity index (χ0n) is 18.1. The molecular formula is C25H24Cl2N4OS. The molecule has 0 radical (unpaired) electrons. The molecule has 1 aliphatic heterocycles. The van der Waals surface area contributed by atoms with E-state index in [1.807, 2.05) is 0 Å². The minimum Gasteiger partial charge on any atom is -0.304 e. The topological polar surface area (TPSA) is 47.6 Å². The first-order chi connectivity index (χ1) is 16.0. The Hall–Kier alpha value is -2.35. The van der Waals surface area contributed by atoms with Crippen LogP contribution in [-0.2, 0) is 4.79 Å². The number of benzene rings is 3. The third kappa shape index (κ3) is 4.81. The highest BCUT2D eigenvalue weighted by molar-refractivity contribution is 7.25. The van der Waals surface area contributed by atoms with E-state index in [2.05, 4.69) is 70.2 Å². The van der Waals surface area contributed by atoms with E-state index in [0.717, 1.165) is 31.7 Å². The molecule has 2 heterocycles. The fourth-order valence-corrected chi connectivity index (χ4v) is 5.96. The lowest BCUT2D eigenvalue weighted by molar-refractivity contribution is -0.126. The number of nitrogens with one attached hydrogen (secondary N) is 2. The number of piperazine rings is 1. The molecule has 3 aromatic carbocycles. The maximum Gasteiger partial charge on any atom is 0.260 e. The number of carbonyl (C=O) groups excluding carboxylic acids is 1. The highest BCUT2D eigenvalue weighted by Gasteiger charge is 2.30. The van der Waals surface area contributed by atoms with Gasteiger partial charge in [-0.3, -0.25) is 20.5 Å². The van der Waals surface area contributed by atoms with Crippen LogP contribution >= 0.6 is 34.5 Å². The summed E-state index contributed by atoms with van der Waals surface area (Å²) in [5, 5.41) is 3.42. The smallest absolute Gasteiger partial charge is 0.260 e. The molecule has 0 spiro atoms. The third-order valence-electron chi connectivity index (χ3n) is 6.06. The van der Waals surface area contributed by atoms with Crippen LogP contribution in [0.25, 0.3) is 20.2 Å². The van der Waals surface area contributed by atoms with Crippen molar-refractivity contribution in [2.24, 2.45) is 0 Å². The molecule has 1 saturated heterocycles. The molecule has 4 aromatic rings. The minimum atomic E-state index is -0.413. The molecule has 0 aliphatic carbocycles. The number of thiophene rings is 1. The van der Waals surface area contributed by atoms with Gasteiger partial charge < -0.3 is 4.90 Å². The lowest BCUT2D eigenvalue weighted by atomic mass is 10.0. The Balaban J connectivity index is 1.47. The molecule has 1 amide bonds. The van der Waals surface area contributed by atoms with Gasteiger partial charge in [0.2, 0.25) is 0 Å². The van der Waals surface area contributed by atoms with Crippen LogP contribution in [0.5, 0.6) is 0 Å². The highest BCUT2D eigenvalue weighted by Crippen LogP contribution is 2.36. The molecule has 1 fully saturated rings. The van der Waals surface area contributed by atoms with Gasteiger partial charge in [-0.1, -0.05) is 47.5 Å². The first-order valence-corrected chi connectivity index (χ1v) is 12.4. The summed E-state index contributed by atoms with van der Waals surface area (Å²) >= 11 is 14.0. The van der Waals surface area contributed by atoms with E-state index >= 15 is 0 Å². The summed E-state index contributed by atoms with van der Waals surface area (Å²) in [6, 6.07) is 19.5. The number of halogens is 2. The number of hydrazine groups is 1. The van der Waals surface area contributed by atoms with E-state index in [-0.39, 0.29) is 5.91 Å². The summed E-state index contributed by atoms with van der Waals surface area (Å²) < 4.78 is 2.48. The van der Waals surface area contributed by atoms with Crippen molar-refractivity contribution in [3.63, 3.8) is 0 Å². The van der Waals surface area contributed by atoms with E-state index in [4.69, 9.17) is 23.2 Å². The van der Waals surface area contributed by atoms with Crippen molar-refractivity contribution in [3.05, 3.63) is 76.3 Å². The van der Waals surface area contributed by atoms with Gasteiger partial charge in [-0.05, 0) is 49.0 Å². The monoisotopic (exact) mass is 498 g/mol. The Kier molecular flexibility index (Phi) is 6.45. The zero-order chi connectivity index (χ0) is 22.9. The summed E-state index contributed by atoms with van der Waals surface area (Å²) in [5.41, 5.74) is 7.48. The first kappa shape index (κ1) is 22.4. The Labute approximate surface area is 206 Å². The molecule has 8 heteroatoms. The van der Waals surface area contributed by atoms with Crippen LogP contribution in [0.4, 0.5) is 5.69 Å². The molecule has 1 atom stereocenters. The number of anilines is 1. The van der Waals surface area contributed by atoms with Crippen LogP contribution in [0.15, 0.2) is 60.7 Å². The summed E-state index contributed by atoms with van der Waals surface area (Å²) in [4.78, 5) is 18.0. The fourth-order valence-electron chi connectivity index (χ4n) is 4.35. The average molecular weight is 499 g/mol. The maximum atomic E-state index is 13.5. The highest BCUT2D eigenvalue weighted by atomic mass is 35.5. The second-order valence-corrected chi connectivity index (χ2v) is 10.3. The van der Waals surface area contributed by atoms with Gasteiger partial charge >= 0.3 is 0 Å². The largest absolute Gasteiger partial charge is 0.304 e. The summed E-state index contributed by atoms with van der Waals surface area (Å²) in [5.74, 6) is -0.116. The standard InChI is InChI=1S/C25H24Cl2N4OS/c1-30-8-10-31(11-9-30)24(25(32)29-28-19-14-17(26)13-18(27)15-19)16-6-7-23-21(12-16)20-4-2-3-5-22(20)33-23/h2-7,12-15,24,28H,8-11H2,1H3,(H,29,32). The van der Waals surface area contributed by atoms with Crippen LogP contribution in [0.2, 0.25) is 10.0 Å². The summed E-state index contributed by atoms with van der Waals surface area (Å²) in [7, 11) is 2.11. The lowest BCUT2D eigenvalue weighted by Gasteiger charge is -2.37. The molecule has 0 saturated carbocycles. The van der Waals surface area contributed by atoms with Crippen molar-refractivity contribution in [2.75, 3.05) is 38.7 Å². The normalized spacial score (nSPS) is 16.2. The van der Waals surface area contributed by atoms with Gasteiger partial charge in [0.05, 0.1) is 5.69 Å². The molecule has 0 bridgehead atoms. The zero-order valence-corrected chi connectivity index (χ0v) is 20.5. The molecular weight excluding hydrogens is 475 g/mol. The lowest BCUT2D eigenvalue weighted by Crippen LogP contribution is -2.50. The van der Waals surface area contributed by atoms with E-state index < -0.39 is 6.04 Å². The molecule has 5 nitrogen and oxygen atoms in total. The number of rotatable bonds is 5. The molecule has 1 aromatic heterocycles. The second-order valence-electron chi connectivity index (χ2n) is 8.37. The third-order valence-corrected chi connectivity index (χ3v) is 7.65. The van der Waals surface area contributed by atoms with Crippen molar-refractivity contribution < 1.29 is 4.79 Å². The predicted molar refractivity (Wildman–Crippen MR) is 139 cm³/mol. The predicted octanol–water partition coefficient (Wildman–Crippen LogP) is 5.79. The molecule has 33 heavy (non-hydrogen) atoms. The van der Waals surface area contributed by atoms with Crippen LogP contribution in [0.3, 0.4) is 0 Å². The molecule has 1 aliphatic rings. The van der Waals surface area contributed by atoms with Crippen molar-refractivity contribution in [3.8, 4) is 0 Å². The first-order valence-electron chi connectivity index (χ1n) is 10.8. The fraction of sp³-hybridized carbons (Fsp3) is 0.240. The Morgan fingerprint density at radius 2 is 1.61 bits per heavy atom. The van der Waals surface area contributed by atoms with Crippen molar-refractivity contribution in [1.29, 1.82) is 0 Å². The summed E-state index contributed by atoms with van der Waals surface area (Å²) in [6.45, 7) is 3.48. The van der Waals surface area contributed by atoms with Crippen LogP contribution in [-0.4, -0.2) is 48.9 Å². The number of carbonyl (C=O) groups is 1. The van der Waals surface area contributed by atoms with Gasteiger partial charge in [-0.2, -0.15) is 0 Å². The van der Waals surface area contributed by atoms with Gasteiger partial charge in [-0.15, -0.1) is 11.3 Å². The van der Waals surface area contributed by atoms with Gasteiger partial charge in [0.25, 0.3) is 5.91 Å². The number of likely N-dealkylation sites (N-methyl/N-ethyl adjacent to an activating group) is 1. The Morgan fingerprint density at radius 3 is 2.36 bits per heavy atom. The number of hydrogen-bond donors (Lipinski definition) is 2. The molecule has 1 unspecified atom stereocenters. The Bertz CT molecular complexity index is 1300. The number of amides is 1. The van der Waals surface area contributed by atoms with E-state index in [1.54, 1.807) is 29.5 Å². The van der Waals surface area contributed by atoms with Crippen molar-refractivity contribution in [1.82, 2.24) is 15.2 Å². The maximum absolute atomic E-state index is 13.5. The van der Waals surface area contributed by atoms with Crippen LogP contribution in [0.1, 0.15) is 11.6 Å². The quantitative estimate of drug-likeness (QED) is 0.341. The van der Waals surface area contributed by atoms with E-state index in [0.29, 0.717) is 15.7 Å². The van der Waals surface area contributed by atoms with Gasteiger partial charge in [-0.25, -0.2) is 0 Å². The van der Waals surface area contributed by atoms with Gasteiger partial charge in [0.15, 0.2) is 0 Å². The molecule has 2 N–H and O–H groups in total. The SMILES string of the molecule is CN1CCN(C(C(=O)NNc2cc(Cl)cc(Cl)c2)c2ccc3sc4ccccc4c3c2)CC1. The van der Waals surface area contributed by atoms with Gasteiger partial charge in [0.1, 0.15) is 6.04 Å². The number of hydrogen-bond acceptors (Lipinski definition) is 5. The minimum absolute atomic E-state index is 0.116. The number of fused-ring (bicyclic) bond motifs is 3. The Morgan fingerprint density at radius 1 is 0.909 bits per heavy atom. The van der Waals surface area contributed by atoms with Gasteiger partial charge in [0, 0.05) is 56.4 Å². The van der Waals surface area contributed by atoms with Crippen LogP contribution < -0.4 is 10.9 Å².